The van der Waals surface area contributed by atoms with Crippen LogP contribution in [0.5, 0.6) is 0 Å². The Morgan fingerprint density at radius 1 is 1.24 bits per heavy atom. The molecule has 3 aromatic rings. The van der Waals surface area contributed by atoms with Crippen molar-refractivity contribution in [2.45, 2.75) is 27.0 Å². The predicted molar refractivity (Wildman–Crippen MR) is 103 cm³/mol. The van der Waals surface area contributed by atoms with E-state index >= 15 is 0 Å². The molecule has 6 nitrogen and oxygen atoms in total. The zero-order valence-electron chi connectivity index (χ0n) is 15.2. The molecule has 0 aliphatic carbocycles. The van der Waals surface area contributed by atoms with Crippen LogP contribution in [0, 0.1) is 5.92 Å². The first kappa shape index (κ1) is 17.9. The third-order valence-electron chi connectivity index (χ3n) is 3.87. The summed E-state index contributed by atoms with van der Waals surface area (Å²) in [4.78, 5) is 9.17. The Balaban J connectivity index is 2.14. The van der Waals surface area contributed by atoms with Crippen LogP contribution in [0.4, 0.5) is 5.82 Å². The van der Waals surface area contributed by atoms with Gasteiger partial charge in [0.1, 0.15) is 25.1 Å². The lowest BCUT2D eigenvalue weighted by molar-refractivity contribution is 0.153. The number of rotatable bonds is 6. The molecule has 0 aliphatic rings. The second kappa shape index (κ2) is 6.77. The number of nitrogens with zero attached hydrogens (tertiary/aromatic N) is 3. The number of pyridine rings is 1. The van der Waals surface area contributed by atoms with E-state index < -0.39 is 7.14 Å². The molecular weight excluding hydrogens is 335 g/mol. The van der Waals surface area contributed by atoms with E-state index in [0.717, 1.165) is 28.8 Å². The molecule has 134 valence electrons. The SMILES string of the molecule is CC(C)Cn1c(COCP(C)(C)=O)nc2c(N)nc3ccccc3c21. The fourth-order valence-electron chi connectivity index (χ4n) is 2.93. The van der Waals surface area contributed by atoms with Gasteiger partial charge in [-0.3, -0.25) is 0 Å². The number of ether oxygens (including phenoxy) is 1. The van der Waals surface area contributed by atoms with E-state index in [0.29, 0.717) is 23.9 Å². The fourth-order valence-corrected chi connectivity index (χ4v) is 3.46. The molecule has 0 bridgehead atoms. The Bertz CT molecular complexity index is 959. The number of nitrogen functional groups attached to an aromatic ring is 1. The average molecular weight is 360 g/mol. The highest BCUT2D eigenvalue weighted by Crippen LogP contribution is 2.36. The summed E-state index contributed by atoms with van der Waals surface area (Å²) in [6.45, 7) is 8.88. The molecule has 2 heterocycles. The van der Waals surface area contributed by atoms with Gasteiger partial charge in [0, 0.05) is 11.9 Å². The maximum Gasteiger partial charge on any atom is 0.152 e. The van der Waals surface area contributed by atoms with E-state index in [-0.39, 0.29) is 6.35 Å². The van der Waals surface area contributed by atoms with Crippen molar-refractivity contribution in [1.82, 2.24) is 14.5 Å². The van der Waals surface area contributed by atoms with Gasteiger partial charge < -0.3 is 19.6 Å². The van der Waals surface area contributed by atoms with Gasteiger partial charge in [-0.25, -0.2) is 9.97 Å². The van der Waals surface area contributed by atoms with Crippen LogP contribution in [0.3, 0.4) is 0 Å². The lowest BCUT2D eigenvalue weighted by atomic mass is 10.1. The maximum absolute atomic E-state index is 11.9. The number of anilines is 1. The number of nitrogens with two attached hydrogens (primary N) is 1. The first-order valence-electron chi connectivity index (χ1n) is 8.41. The molecule has 0 saturated carbocycles. The largest absolute Gasteiger partial charge is 0.382 e. The van der Waals surface area contributed by atoms with E-state index in [1.165, 1.54) is 0 Å². The minimum Gasteiger partial charge on any atom is -0.382 e. The van der Waals surface area contributed by atoms with Gasteiger partial charge in [0.2, 0.25) is 0 Å². The third-order valence-corrected chi connectivity index (χ3v) is 4.67. The number of hydrogen-bond acceptors (Lipinski definition) is 5. The molecule has 0 saturated heterocycles. The highest BCUT2D eigenvalue weighted by atomic mass is 31.2. The molecule has 0 atom stereocenters. The second-order valence-corrected chi connectivity index (χ2v) is 10.7. The Hall–Kier alpha value is -1.91. The van der Waals surface area contributed by atoms with Gasteiger partial charge in [-0.05, 0) is 25.3 Å². The highest BCUT2D eigenvalue weighted by Gasteiger charge is 2.18. The Labute approximate surface area is 147 Å². The molecule has 0 spiro atoms. The number of benzene rings is 1. The van der Waals surface area contributed by atoms with Crippen LogP contribution in [0.15, 0.2) is 24.3 Å². The van der Waals surface area contributed by atoms with Gasteiger partial charge in [0.25, 0.3) is 0 Å². The van der Waals surface area contributed by atoms with Crippen molar-refractivity contribution in [2.24, 2.45) is 5.92 Å². The lowest BCUT2D eigenvalue weighted by Gasteiger charge is -2.14. The number of aromatic nitrogens is 3. The van der Waals surface area contributed by atoms with Crippen LogP contribution in [-0.2, 0) is 22.5 Å². The van der Waals surface area contributed by atoms with Gasteiger partial charge >= 0.3 is 0 Å². The highest BCUT2D eigenvalue weighted by molar-refractivity contribution is 7.62. The van der Waals surface area contributed by atoms with E-state index in [4.69, 9.17) is 15.5 Å². The Morgan fingerprint density at radius 3 is 2.64 bits per heavy atom. The van der Waals surface area contributed by atoms with Gasteiger partial charge in [-0.2, -0.15) is 0 Å². The molecule has 0 radical (unpaired) electrons. The molecule has 2 N–H and O–H groups in total. The summed E-state index contributed by atoms with van der Waals surface area (Å²) >= 11 is 0. The summed E-state index contributed by atoms with van der Waals surface area (Å²) in [5.41, 5.74) is 8.71. The average Bonchev–Trinajstić information content (AvgIpc) is 2.85. The fraction of sp³-hybridized carbons (Fsp3) is 0.444. The summed E-state index contributed by atoms with van der Waals surface area (Å²) in [7, 11) is -2.22. The van der Waals surface area contributed by atoms with E-state index in [1.807, 2.05) is 24.3 Å². The summed E-state index contributed by atoms with van der Waals surface area (Å²) in [6.07, 6.45) is 0.242. The van der Waals surface area contributed by atoms with Crippen LogP contribution in [0.25, 0.3) is 21.9 Å². The Kier molecular flexibility index (Phi) is 4.85. The van der Waals surface area contributed by atoms with Crippen LogP contribution < -0.4 is 5.73 Å². The molecule has 0 fully saturated rings. The van der Waals surface area contributed by atoms with Crippen LogP contribution in [0.1, 0.15) is 19.7 Å². The smallest absolute Gasteiger partial charge is 0.152 e. The normalized spacial score (nSPS) is 12.5. The molecule has 2 aromatic heterocycles. The topological polar surface area (TPSA) is 83.0 Å². The number of para-hydroxylation sites is 1. The number of hydrogen-bond donors (Lipinski definition) is 1. The van der Waals surface area contributed by atoms with E-state index in [2.05, 4.69) is 23.4 Å². The van der Waals surface area contributed by atoms with Gasteiger partial charge in [-0.15, -0.1) is 0 Å². The van der Waals surface area contributed by atoms with Crippen molar-refractivity contribution in [3.05, 3.63) is 30.1 Å². The summed E-state index contributed by atoms with van der Waals surface area (Å²) in [6, 6.07) is 7.94. The van der Waals surface area contributed by atoms with Crippen molar-refractivity contribution in [3.8, 4) is 0 Å². The van der Waals surface area contributed by atoms with Crippen LogP contribution >= 0.6 is 7.14 Å². The minimum atomic E-state index is -2.22. The van der Waals surface area contributed by atoms with Crippen molar-refractivity contribution in [1.29, 1.82) is 0 Å². The molecule has 0 unspecified atom stereocenters. The maximum atomic E-state index is 11.9. The van der Waals surface area contributed by atoms with E-state index in [9.17, 15) is 4.57 Å². The summed E-state index contributed by atoms with van der Waals surface area (Å²) < 4.78 is 19.7. The quantitative estimate of drug-likeness (QED) is 0.674. The predicted octanol–water partition coefficient (Wildman–Crippen LogP) is 3.92. The van der Waals surface area contributed by atoms with Gasteiger partial charge in [0.05, 0.1) is 17.4 Å². The first-order chi connectivity index (χ1) is 11.8. The van der Waals surface area contributed by atoms with Crippen molar-refractivity contribution in [3.63, 3.8) is 0 Å². The van der Waals surface area contributed by atoms with Crippen molar-refractivity contribution >= 4 is 34.9 Å². The summed E-state index contributed by atoms with van der Waals surface area (Å²) in [5, 5.41) is 1.03. The molecular formula is C18H25N4O2P. The lowest BCUT2D eigenvalue weighted by Crippen LogP contribution is -2.10. The van der Waals surface area contributed by atoms with Crippen molar-refractivity contribution < 1.29 is 9.30 Å². The zero-order valence-corrected chi connectivity index (χ0v) is 16.1. The standard InChI is InChI=1S/C18H25N4O2P/c1-12(2)9-22-15(10-24-11-25(3,4)23)21-16-17(22)13-7-5-6-8-14(13)20-18(16)19/h5-8,12H,9-11H2,1-4H3,(H2,19,20). The molecule has 0 amide bonds. The Morgan fingerprint density at radius 2 is 1.96 bits per heavy atom. The number of fused-ring (bicyclic) bond motifs is 3. The van der Waals surface area contributed by atoms with Gasteiger partial charge in [-0.1, -0.05) is 32.0 Å². The van der Waals surface area contributed by atoms with Gasteiger partial charge in [0.15, 0.2) is 5.82 Å². The van der Waals surface area contributed by atoms with Crippen LogP contribution in [-0.4, -0.2) is 34.2 Å². The molecule has 0 aliphatic heterocycles. The third kappa shape index (κ3) is 3.86. The molecule has 7 heteroatoms. The molecule has 25 heavy (non-hydrogen) atoms. The summed E-state index contributed by atoms with van der Waals surface area (Å²) in [5.74, 6) is 1.66. The second-order valence-electron chi connectivity index (χ2n) is 7.30. The zero-order chi connectivity index (χ0) is 18.2. The molecule has 1 aromatic carbocycles. The first-order valence-corrected chi connectivity index (χ1v) is 11.2. The molecule has 3 rings (SSSR count). The van der Waals surface area contributed by atoms with Crippen LogP contribution in [0.2, 0.25) is 0 Å². The monoisotopic (exact) mass is 360 g/mol. The number of imidazole rings is 1. The minimum absolute atomic E-state index is 0.242. The van der Waals surface area contributed by atoms with Crippen molar-refractivity contribution in [2.75, 3.05) is 25.4 Å². The van der Waals surface area contributed by atoms with E-state index in [1.54, 1.807) is 13.3 Å².